The normalized spacial score (nSPS) is 18.1. The van der Waals surface area contributed by atoms with Crippen molar-refractivity contribution in [3.05, 3.63) is 83.0 Å². The largest absolute Gasteiger partial charge is 0.495 e. The molecule has 0 radical (unpaired) electrons. The number of benzene rings is 2. The lowest BCUT2D eigenvalue weighted by molar-refractivity contribution is 0.0193. The van der Waals surface area contributed by atoms with Gasteiger partial charge in [0, 0.05) is 18.3 Å². The first-order valence-corrected chi connectivity index (χ1v) is 11.1. The van der Waals surface area contributed by atoms with E-state index in [1.54, 1.807) is 24.4 Å². The van der Waals surface area contributed by atoms with Crippen LogP contribution in [0.2, 0.25) is 0 Å². The number of hydrogen-bond acceptors (Lipinski definition) is 5. The number of hydrogen-bond donors (Lipinski definition) is 0. The van der Waals surface area contributed by atoms with Gasteiger partial charge in [-0.3, -0.25) is 0 Å². The molecule has 2 aromatic carbocycles. The van der Waals surface area contributed by atoms with Crippen LogP contribution in [0.4, 0.5) is 17.6 Å². The fourth-order valence-corrected chi connectivity index (χ4v) is 4.39. The van der Waals surface area contributed by atoms with E-state index in [1.165, 1.54) is 0 Å². The summed E-state index contributed by atoms with van der Waals surface area (Å²) in [6, 6.07) is 7.16. The first-order chi connectivity index (χ1) is 16.9. The summed E-state index contributed by atoms with van der Waals surface area (Å²) >= 11 is 0. The van der Waals surface area contributed by atoms with Crippen molar-refractivity contribution < 1.29 is 27.1 Å². The van der Waals surface area contributed by atoms with Crippen molar-refractivity contribution >= 4 is 11.4 Å². The van der Waals surface area contributed by atoms with Gasteiger partial charge in [0.15, 0.2) is 29.4 Å². The third kappa shape index (κ3) is 4.24. The molecule has 182 valence electrons. The van der Waals surface area contributed by atoms with Crippen molar-refractivity contribution in [3.63, 3.8) is 0 Å². The maximum absolute atomic E-state index is 15.7. The van der Waals surface area contributed by atoms with E-state index in [1.807, 2.05) is 29.8 Å². The van der Waals surface area contributed by atoms with Crippen LogP contribution in [0.1, 0.15) is 35.8 Å². The Bertz CT molecular complexity index is 1330. The third-order valence-electron chi connectivity index (χ3n) is 6.16. The molecule has 3 aromatic rings. The molecule has 0 fully saturated rings. The van der Waals surface area contributed by atoms with Gasteiger partial charge in [0.05, 0.1) is 31.4 Å². The second-order valence-electron chi connectivity index (χ2n) is 8.46. The summed E-state index contributed by atoms with van der Waals surface area (Å²) in [7, 11) is 1.55. The fourth-order valence-electron chi connectivity index (χ4n) is 4.39. The Kier molecular flexibility index (Phi) is 5.96. The van der Waals surface area contributed by atoms with E-state index >= 15 is 4.39 Å². The molecule has 35 heavy (non-hydrogen) atoms. The molecule has 3 heterocycles. The lowest BCUT2D eigenvalue weighted by atomic mass is 9.99. The number of allylic oxidation sites excluding steroid dienone is 1. The minimum Gasteiger partial charge on any atom is -0.495 e. The molecule has 1 unspecified atom stereocenters. The lowest BCUT2D eigenvalue weighted by Gasteiger charge is -2.31. The quantitative estimate of drug-likeness (QED) is 0.363. The zero-order chi connectivity index (χ0) is 24.7. The number of imidazole rings is 1. The van der Waals surface area contributed by atoms with Crippen LogP contribution >= 0.6 is 0 Å². The molecule has 0 N–H and O–H groups in total. The Balaban J connectivity index is 1.47. The predicted octanol–water partition coefficient (Wildman–Crippen LogP) is 5.47. The first kappa shape index (κ1) is 22.9. The van der Waals surface area contributed by atoms with Gasteiger partial charge >= 0.3 is 0 Å². The number of methoxy groups -OCH3 is 1. The topological polar surface area (TPSA) is 51.9 Å². The van der Waals surface area contributed by atoms with Crippen LogP contribution in [0.3, 0.4) is 0 Å². The van der Waals surface area contributed by atoms with Crippen molar-refractivity contribution in [2.24, 2.45) is 5.16 Å². The molecule has 2 aliphatic rings. The van der Waals surface area contributed by atoms with E-state index < -0.39 is 29.4 Å². The summed E-state index contributed by atoms with van der Waals surface area (Å²) in [5.41, 5.74) is 2.82. The monoisotopic (exact) mass is 486 g/mol. The van der Waals surface area contributed by atoms with E-state index in [-0.39, 0.29) is 17.9 Å². The highest BCUT2D eigenvalue weighted by molar-refractivity contribution is 6.03. The minimum atomic E-state index is -1.55. The van der Waals surface area contributed by atoms with Crippen LogP contribution in [0, 0.1) is 24.4 Å². The second kappa shape index (κ2) is 9.09. The van der Waals surface area contributed by atoms with Crippen LogP contribution < -0.4 is 4.74 Å². The number of aryl methyl sites for hydroxylation is 1. The van der Waals surface area contributed by atoms with Gasteiger partial charge in [-0.15, -0.1) is 0 Å². The molecule has 0 saturated carbocycles. The summed E-state index contributed by atoms with van der Waals surface area (Å²) in [5.74, 6) is -4.14. The van der Waals surface area contributed by atoms with E-state index in [4.69, 9.17) is 9.57 Å². The third-order valence-corrected chi connectivity index (χ3v) is 6.16. The zero-order valence-corrected chi connectivity index (χ0v) is 19.1. The number of nitrogens with zero attached hydrogens (tertiary/aromatic N) is 4. The highest BCUT2D eigenvalue weighted by Gasteiger charge is 2.33. The van der Waals surface area contributed by atoms with Crippen molar-refractivity contribution in [1.29, 1.82) is 0 Å². The Hall–Kier alpha value is -3.82. The molecule has 5 rings (SSSR count). The van der Waals surface area contributed by atoms with Crippen LogP contribution in [-0.2, 0) is 4.84 Å². The Labute approximate surface area is 199 Å². The molecule has 0 bridgehead atoms. The van der Waals surface area contributed by atoms with Crippen molar-refractivity contribution in [3.8, 4) is 11.4 Å². The SMILES string of the molecule is COc1cc(C2=C(F)C3=NOC(c4cc(F)c(F)c(F)c4)CN3CCC2)ccc1-n1cnc(C)c1. The molecule has 0 spiro atoms. The van der Waals surface area contributed by atoms with Gasteiger partial charge in [-0.1, -0.05) is 11.2 Å². The Morgan fingerprint density at radius 1 is 1.09 bits per heavy atom. The number of rotatable bonds is 4. The van der Waals surface area contributed by atoms with Crippen molar-refractivity contribution in [2.75, 3.05) is 20.2 Å². The van der Waals surface area contributed by atoms with Gasteiger partial charge < -0.3 is 19.0 Å². The minimum absolute atomic E-state index is 0.0186. The second-order valence-corrected chi connectivity index (χ2v) is 8.46. The predicted molar refractivity (Wildman–Crippen MR) is 121 cm³/mol. The number of amidine groups is 1. The summed E-state index contributed by atoms with van der Waals surface area (Å²) < 4.78 is 63.8. The summed E-state index contributed by atoms with van der Waals surface area (Å²) in [6.45, 7) is 2.47. The molecule has 0 aliphatic carbocycles. The number of ether oxygens (including phenoxy) is 1. The molecule has 0 amide bonds. The molecule has 2 aliphatic heterocycles. The van der Waals surface area contributed by atoms with Crippen LogP contribution in [0.15, 0.2) is 53.8 Å². The average Bonchev–Trinajstić information content (AvgIpc) is 3.22. The number of fused-ring (bicyclic) bond motifs is 1. The summed E-state index contributed by atoms with van der Waals surface area (Å²) in [5, 5.41) is 3.95. The van der Waals surface area contributed by atoms with Gasteiger partial charge in [0.2, 0.25) is 5.84 Å². The average molecular weight is 486 g/mol. The van der Waals surface area contributed by atoms with Crippen LogP contribution in [-0.4, -0.2) is 40.5 Å². The summed E-state index contributed by atoms with van der Waals surface area (Å²) in [4.78, 5) is 11.3. The molecular formula is C25H22F4N4O2. The molecule has 10 heteroatoms. The first-order valence-electron chi connectivity index (χ1n) is 11.1. The van der Waals surface area contributed by atoms with E-state index in [0.29, 0.717) is 36.3 Å². The van der Waals surface area contributed by atoms with Gasteiger partial charge in [-0.2, -0.15) is 0 Å². The maximum Gasteiger partial charge on any atom is 0.204 e. The highest BCUT2D eigenvalue weighted by Crippen LogP contribution is 2.36. The van der Waals surface area contributed by atoms with E-state index in [9.17, 15) is 13.2 Å². The lowest BCUT2D eigenvalue weighted by Crippen LogP contribution is -2.39. The Morgan fingerprint density at radius 2 is 1.86 bits per heavy atom. The zero-order valence-electron chi connectivity index (χ0n) is 19.1. The smallest absolute Gasteiger partial charge is 0.204 e. The molecule has 1 aromatic heterocycles. The number of aromatic nitrogens is 2. The van der Waals surface area contributed by atoms with Crippen molar-refractivity contribution in [2.45, 2.75) is 25.9 Å². The molecule has 0 saturated heterocycles. The van der Waals surface area contributed by atoms with E-state index in [0.717, 1.165) is 23.5 Å². The van der Waals surface area contributed by atoms with Crippen LogP contribution in [0.25, 0.3) is 11.3 Å². The van der Waals surface area contributed by atoms with Gasteiger partial charge in [-0.05, 0) is 55.2 Å². The summed E-state index contributed by atoms with van der Waals surface area (Å²) in [6.07, 6.45) is 3.74. The van der Waals surface area contributed by atoms with Gasteiger partial charge in [0.25, 0.3) is 0 Å². The van der Waals surface area contributed by atoms with Gasteiger partial charge in [0.1, 0.15) is 5.75 Å². The maximum atomic E-state index is 15.7. The van der Waals surface area contributed by atoms with E-state index in [2.05, 4.69) is 10.1 Å². The van der Waals surface area contributed by atoms with Crippen LogP contribution in [0.5, 0.6) is 5.75 Å². The fraction of sp³-hybridized carbons (Fsp3) is 0.280. The molecular weight excluding hydrogens is 464 g/mol. The highest BCUT2D eigenvalue weighted by atomic mass is 19.2. The number of oxime groups is 1. The van der Waals surface area contributed by atoms with Crippen molar-refractivity contribution in [1.82, 2.24) is 14.5 Å². The molecule has 6 nitrogen and oxygen atoms in total. The molecule has 1 atom stereocenters. The number of halogens is 4. The Morgan fingerprint density at radius 3 is 2.54 bits per heavy atom. The van der Waals surface area contributed by atoms with Gasteiger partial charge in [-0.25, -0.2) is 22.5 Å². The standard InChI is InChI=1S/C25H22F4N4O2/c1-14-11-33(13-30-14)20-6-5-15(10-21(20)34-2)17-4-3-7-32-12-22(35-31-25(32)23(17)28)16-8-18(26)24(29)19(27)9-16/h5-6,8-11,13,22H,3-4,7,12H2,1-2H3.